The van der Waals surface area contributed by atoms with E-state index in [1.165, 1.54) is 6.07 Å². The molecular formula is C16H14F3NO. The molecule has 2 aromatic rings. The van der Waals surface area contributed by atoms with E-state index < -0.39 is 23.5 Å². The summed E-state index contributed by atoms with van der Waals surface area (Å²) in [6.07, 6.45) is 1.77. The van der Waals surface area contributed by atoms with E-state index in [0.717, 1.165) is 30.2 Å². The second-order valence-corrected chi connectivity index (χ2v) is 5.06. The van der Waals surface area contributed by atoms with Gasteiger partial charge in [0.25, 0.3) is 0 Å². The molecule has 5 heteroatoms. The zero-order valence-electron chi connectivity index (χ0n) is 11.2. The van der Waals surface area contributed by atoms with Crippen molar-refractivity contribution in [1.29, 1.82) is 0 Å². The summed E-state index contributed by atoms with van der Waals surface area (Å²) in [6.45, 7) is 0.677. The Morgan fingerprint density at radius 1 is 1.05 bits per heavy atom. The third-order valence-corrected chi connectivity index (χ3v) is 3.69. The minimum Gasteiger partial charge on any atom is -0.493 e. The molecule has 1 atom stereocenters. The summed E-state index contributed by atoms with van der Waals surface area (Å²) >= 11 is 0. The lowest BCUT2D eigenvalue weighted by Gasteiger charge is -2.20. The summed E-state index contributed by atoms with van der Waals surface area (Å²) in [7, 11) is 0. The van der Waals surface area contributed by atoms with Gasteiger partial charge in [-0.2, -0.15) is 0 Å². The first-order valence-corrected chi connectivity index (χ1v) is 6.72. The average Bonchev–Trinajstić information content (AvgIpc) is 2.52. The molecule has 1 heterocycles. The van der Waals surface area contributed by atoms with Crippen LogP contribution in [0.2, 0.25) is 0 Å². The quantitative estimate of drug-likeness (QED) is 0.860. The van der Waals surface area contributed by atoms with Gasteiger partial charge >= 0.3 is 0 Å². The van der Waals surface area contributed by atoms with Gasteiger partial charge in [-0.3, -0.25) is 0 Å². The molecule has 0 spiro atoms. The van der Waals surface area contributed by atoms with Crippen molar-refractivity contribution in [2.24, 2.45) is 5.73 Å². The Morgan fingerprint density at radius 2 is 1.86 bits per heavy atom. The van der Waals surface area contributed by atoms with Crippen LogP contribution in [0.15, 0.2) is 30.3 Å². The van der Waals surface area contributed by atoms with E-state index >= 15 is 0 Å². The molecule has 0 saturated carbocycles. The molecule has 1 aliphatic rings. The zero-order valence-corrected chi connectivity index (χ0v) is 11.2. The Bertz CT molecular complexity index is 687. The van der Waals surface area contributed by atoms with Crippen LogP contribution in [0.25, 0.3) is 0 Å². The SMILES string of the molecule is NC(c1ccc2c(c1)CCCO2)c1ccc(F)c(F)c1F. The molecule has 21 heavy (non-hydrogen) atoms. The predicted molar refractivity (Wildman–Crippen MR) is 72.6 cm³/mol. The molecule has 1 unspecified atom stereocenters. The van der Waals surface area contributed by atoms with Gasteiger partial charge in [-0.15, -0.1) is 0 Å². The van der Waals surface area contributed by atoms with E-state index in [-0.39, 0.29) is 5.56 Å². The van der Waals surface area contributed by atoms with Gasteiger partial charge in [-0.25, -0.2) is 13.2 Å². The number of rotatable bonds is 2. The molecule has 0 radical (unpaired) electrons. The van der Waals surface area contributed by atoms with Crippen molar-refractivity contribution in [3.63, 3.8) is 0 Å². The summed E-state index contributed by atoms with van der Waals surface area (Å²) in [5.41, 5.74) is 7.58. The number of nitrogens with two attached hydrogens (primary N) is 1. The van der Waals surface area contributed by atoms with Crippen LogP contribution in [-0.2, 0) is 6.42 Å². The zero-order chi connectivity index (χ0) is 15.0. The van der Waals surface area contributed by atoms with E-state index in [1.54, 1.807) is 12.1 Å². The summed E-state index contributed by atoms with van der Waals surface area (Å²) in [4.78, 5) is 0. The van der Waals surface area contributed by atoms with Crippen LogP contribution in [0.5, 0.6) is 5.75 Å². The van der Waals surface area contributed by atoms with Crippen molar-refractivity contribution in [1.82, 2.24) is 0 Å². The minimum absolute atomic E-state index is 0.0643. The smallest absolute Gasteiger partial charge is 0.194 e. The number of fused-ring (bicyclic) bond motifs is 1. The lowest BCUT2D eigenvalue weighted by atomic mass is 9.95. The highest BCUT2D eigenvalue weighted by Crippen LogP contribution is 2.30. The molecule has 0 aliphatic carbocycles. The maximum atomic E-state index is 13.8. The first-order valence-electron chi connectivity index (χ1n) is 6.72. The number of halogens is 3. The molecule has 3 rings (SSSR count). The number of aryl methyl sites for hydroxylation is 1. The van der Waals surface area contributed by atoms with Crippen LogP contribution in [0, 0.1) is 17.5 Å². The van der Waals surface area contributed by atoms with Gasteiger partial charge < -0.3 is 10.5 Å². The highest BCUT2D eigenvalue weighted by atomic mass is 19.2. The van der Waals surface area contributed by atoms with Gasteiger partial charge in [-0.1, -0.05) is 18.2 Å². The van der Waals surface area contributed by atoms with Crippen molar-refractivity contribution in [3.8, 4) is 5.75 Å². The molecule has 0 aromatic heterocycles. The Labute approximate surface area is 120 Å². The standard InChI is InChI=1S/C16H14F3NO/c17-12-5-4-11(14(18)15(12)19)16(20)10-3-6-13-9(8-10)2-1-7-21-13/h3-6,8,16H,1-2,7,20H2. The van der Waals surface area contributed by atoms with Crippen LogP contribution < -0.4 is 10.5 Å². The number of benzene rings is 2. The summed E-state index contributed by atoms with van der Waals surface area (Å²) in [6, 6.07) is 6.53. The maximum absolute atomic E-state index is 13.8. The molecule has 2 nitrogen and oxygen atoms in total. The Morgan fingerprint density at radius 3 is 2.67 bits per heavy atom. The normalized spacial score (nSPS) is 15.2. The van der Waals surface area contributed by atoms with E-state index in [4.69, 9.17) is 10.5 Å². The first kappa shape index (κ1) is 13.9. The van der Waals surface area contributed by atoms with Gasteiger partial charge in [-0.05, 0) is 36.1 Å². The van der Waals surface area contributed by atoms with Crippen LogP contribution >= 0.6 is 0 Å². The average molecular weight is 293 g/mol. The van der Waals surface area contributed by atoms with Gasteiger partial charge in [0, 0.05) is 5.56 Å². The topological polar surface area (TPSA) is 35.2 Å². The maximum Gasteiger partial charge on any atom is 0.194 e. The fourth-order valence-corrected chi connectivity index (χ4v) is 2.53. The highest BCUT2D eigenvalue weighted by Gasteiger charge is 2.21. The van der Waals surface area contributed by atoms with E-state index in [9.17, 15) is 13.2 Å². The molecule has 110 valence electrons. The largest absolute Gasteiger partial charge is 0.493 e. The lowest BCUT2D eigenvalue weighted by molar-refractivity contribution is 0.288. The number of ether oxygens (including phenoxy) is 1. The molecule has 0 bridgehead atoms. The molecule has 0 amide bonds. The van der Waals surface area contributed by atoms with E-state index in [0.29, 0.717) is 12.2 Å². The Hall–Kier alpha value is -2.01. The fraction of sp³-hybridized carbons (Fsp3) is 0.250. The van der Waals surface area contributed by atoms with E-state index in [2.05, 4.69) is 0 Å². The summed E-state index contributed by atoms with van der Waals surface area (Å²) in [5.74, 6) is -3.16. The summed E-state index contributed by atoms with van der Waals surface area (Å²) < 4.78 is 45.6. The van der Waals surface area contributed by atoms with E-state index in [1.807, 2.05) is 6.07 Å². The lowest BCUT2D eigenvalue weighted by Crippen LogP contribution is -2.16. The van der Waals surface area contributed by atoms with Gasteiger partial charge in [0.1, 0.15) is 5.75 Å². The predicted octanol–water partition coefficient (Wildman–Crippen LogP) is 3.48. The van der Waals surface area contributed by atoms with Gasteiger partial charge in [0.15, 0.2) is 17.5 Å². The van der Waals surface area contributed by atoms with Crippen LogP contribution in [0.3, 0.4) is 0 Å². The molecule has 0 saturated heterocycles. The van der Waals surface area contributed by atoms with Crippen LogP contribution in [-0.4, -0.2) is 6.61 Å². The Balaban J connectivity index is 1.99. The first-order chi connectivity index (χ1) is 10.1. The van der Waals surface area contributed by atoms with Gasteiger partial charge in [0.2, 0.25) is 0 Å². The number of hydrogen-bond donors (Lipinski definition) is 1. The Kier molecular flexibility index (Phi) is 3.59. The third kappa shape index (κ3) is 2.49. The van der Waals surface area contributed by atoms with Crippen molar-refractivity contribution < 1.29 is 17.9 Å². The van der Waals surface area contributed by atoms with Crippen molar-refractivity contribution in [3.05, 3.63) is 64.5 Å². The molecule has 2 aromatic carbocycles. The number of hydrogen-bond acceptors (Lipinski definition) is 2. The monoisotopic (exact) mass is 293 g/mol. The fourth-order valence-electron chi connectivity index (χ4n) is 2.53. The van der Waals surface area contributed by atoms with Crippen molar-refractivity contribution in [2.75, 3.05) is 6.61 Å². The van der Waals surface area contributed by atoms with Crippen LogP contribution in [0.4, 0.5) is 13.2 Å². The molecule has 1 aliphatic heterocycles. The molecular weight excluding hydrogens is 279 g/mol. The molecule has 0 fully saturated rings. The van der Waals surface area contributed by atoms with Crippen LogP contribution in [0.1, 0.15) is 29.2 Å². The molecule has 2 N–H and O–H groups in total. The summed E-state index contributed by atoms with van der Waals surface area (Å²) in [5, 5.41) is 0. The van der Waals surface area contributed by atoms with Crippen molar-refractivity contribution >= 4 is 0 Å². The highest BCUT2D eigenvalue weighted by molar-refractivity contribution is 5.42. The third-order valence-electron chi connectivity index (χ3n) is 3.69. The van der Waals surface area contributed by atoms with Crippen molar-refractivity contribution in [2.45, 2.75) is 18.9 Å². The second kappa shape index (κ2) is 5.41. The minimum atomic E-state index is -1.50. The second-order valence-electron chi connectivity index (χ2n) is 5.06. The van der Waals surface area contributed by atoms with Gasteiger partial charge in [0.05, 0.1) is 12.6 Å².